The first-order chi connectivity index (χ1) is 11.9. The first-order valence-electron chi connectivity index (χ1n) is 7.19. The maximum absolute atomic E-state index is 12.0. The third kappa shape index (κ3) is 3.90. The van der Waals surface area contributed by atoms with Gasteiger partial charge >= 0.3 is 11.9 Å². The van der Waals surface area contributed by atoms with Gasteiger partial charge in [0.05, 0.1) is 15.6 Å². The number of nitrogens with zero attached hydrogens (tertiary/aromatic N) is 1. The molecular weight excluding hydrogens is 365 g/mol. The van der Waals surface area contributed by atoms with Gasteiger partial charge in [-0.25, -0.2) is 9.79 Å². The summed E-state index contributed by atoms with van der Waals surface area (Å²) in [5.41, 5.74) is 1.27. The fourth-order valence-corrected chi connectivity index (χ4v) is 2.53. The molecule has 7 heteroatoms. The molecule has 2 aromatic rings. The van der Waals surface area contributed by atoms with E-state index in [1.165, 1.54) is 6.92 Å². The fraction of sp³-hybridized carbons (Fsp3) is 0.0556. The molecule has 0 saturated heterocycles. The van der Waals surface area contributed by atoms with Gasteiger partial charge in [0.15, 0.2) is 5.70 Å². The first kappa shape index (κ1) is 17.2. The summed E-state index contributed by atoms with van der Waals surface area (Å²) >= 11 is 12.1. The van der Waals surface area contributed by atoms with E-state index in [4.69, 9.17) is 32.7 Å². The van der Waals surface area contributed by atoms with Crippen molar-refractivity contribution < 1.29 is 19.1 Å². The smallest absolute Gasteiger partial charge is 0.363 e. The monoisotopic (exact) mass is 375 g/mol. The van der Waals surface area contributed by atoms with Crippen molar-refractivity contribution in [3.63, 3.8) is 0 Å². The standard InChI is InChI=1S/C18H11Cl2NO4/c1-10(22)24-12-7-5-11(6-8-12)9-15-18(23)25-17(21-15)13-3-2-4-14(19)16(13)20/h2-9H,1H3/b15-9+. The van der Waals surface area contributed by atoms with E-state index in [-0.39, 0.29) is 16.6 Å². The van der Waals surface area contributed by atoms with Crippen LogP contribution in [0.4, 0.5) is 0 Å². The number of ether oxygens (including phenoxy) is 2. The molecule has 0 radical (unpaired) electrons. The van der Waals surface area contributed by atoms with Gasteiger partial charge in [0, 0.05) is 6.92 Å². The van der Waals surface area contributed by atoms with Gasteiger partial charge in [-0.15, -0.1) is 0 Å². The Morgan fingerprint density at radius 1 is 1.16 bits per heavy atom. The molecule has 0 N–H and O–H groups in total. The number of halogens is 2. The summed E-state index contributed by atoms with van der Waals surface area (Å²) in [6.07, 6.45) is 1.56. The SMILES string of the molecule is CC(=O)Oc1ccc(/C=C2/N=C(c3cccc(Cl)c3Cl)OC2=O)cc1. The number of benzene rings is 2. The second-order valence-electron chi connectivity index (χ2n) is 5.10. The summed E-state index contributed by atoms with van der Waals surface area (Å²) in [6.45, 7) is 1.32. The summed E-state index contributed by atoms with van der Waals surface area (Å²) in [5.74, 6) is -0.480. The zero-order valence-corrected chi connectivity index (χ0v) is 14.5. The van der Waals surface area contributed by atoms with Crippen molar-refractivity contribution in [1.29, 1.82) is 0 Å². The average Bonchev–Trinajstić information content (AvgIpc) is 2.92. The Morgan fingerprint density at radius 2 is 1.88 bits per heavy atom. The largest absolute Gasteiger partial charge is 0.427 e. The molecule has 0 atom stereocenters. The van der Waals surface area contributed by atoms with E-state index < -0.39 is 11.9 Å². The van der Waals surface area contributed by atoms with Crippen LogP contribution in [0.5, 0.6) is 5.75 Å². The predicted molar refractivity (Wildman–Crippen MR) is 94.8 cm³/mol. The highest BCUT2D eigenvalue weighted by atomic mass is 35.5. The molecule has 126 valence electrons. The summed E-state index contributed by atoms with van der Waals surface area (Å²) < 4.78 is 10.1. The molecular formula is C18H11Cl2NO4. The molecule has 0 saturated carbocycles. The molecule has 0 aliphatic carbocycles. The molecule has 0 aromatic heterocycles. The topological polar surface area (TPSA) is 65.0 Å². The van der Waals surface area contributed by atoms with Crippen LogP contribution in [0.15, 0.2) is 53.2 Å². The van der Waals surface area contributed by atoms with Crippen LogP contribution in [-0.2, 0) is 14.3 Å². The van der Waals surface area contributed by atoms with Gasteiger partial charge in [0.1, 0.15) is 5.75 Å². The minimum Gasteiger partial charge on any atom is -0.427 e. The molecule has 1 heterocycles. The second-order valence-corrected chi connectivity index (χ2v) is 5.89. The Labute approximate surface area is 153 Å². The summed E-state index contributed by atoms with van der Waals surface area (Å²) in [5, 5.41) is 0.610. The van der Waals surface area contributed by atoms with Crippen molar-refractivity contribution in [3.8, 4) is 5.75 Å². The number of aliphatic imine (C=N–C) groups is 1. The molecule has 25 heavy (non-hydrogen) atoms. The first-order valence-corrected chi connectivity index (χ1v) is 7.95. The molecule has 1 aliphatic heterocycles. The van der Waals surface area contributed by atoms with E-state index in [0.717, 1.165) is 0 Å². The van der Waals surface area contributed by atoms with Crippen LogP contribution < -0.4 is 4.74 Å². The number of hydrogen-bond acceptors (Lipinski definition) is 5. The van der Waals surface area contributed by atoms with Crippen molar-refractivity contribution >= 4 is 47.1 Å². The van der Waals surface area contributed by atoms with Gasteiger partial charge in [-0.1, -0.05) is 41.4 Å². The number of hydrogen-bond donors (Lipinski definition) is 0. The number of rotatable bonds is 3. The van der Waals surface area contributed by atoms with Crippen LogP contribution in [-0.4, -0.2) is 17.8 Å². The van der Waals surface area contributed by atoms with E-state index >= 15 is 0 Å². The van der Waals surface area contributed by atoms with E-state index in [9.17, 15) is 9.59 Å². The van der Waals surface area contributed by atoms with Crippen LogP contribution in [0.2, 0.25) is 10.0 Å². The maximum Gasteiger partial charge on any atom is 0.363 e. The molecule has 3 rings (SSSR count). The molecule has 2 aromatic carbocycles. The lowest BCUT2D eigenvalue weighted by Gasteiger charge is -2.03. The minimum absolute atomic E-state index is 0.0975. The van der Waals surface area contributed by atoms with Gasteiger partial charge < -0.3 is 9.47 Å². The number of cyclic esters (lactones) is 1. The number of carbonyl (C=O) groups is 2. The highest BCUT2D eigenvalue weighted by Gasteiger charge is 2.26. The Kier molecular flexibility index (Phi) is 4.88. The summed E-state index contributed by atoms with van der Waals surface area (Å²) in [4.78, 5) is 27.1. The zero-order chi connectivity index (χ0) is 18.0. The molecule has 0 amide bonds. The van der Waals surface area contributed by atoms with E-state index in [1.54, 1.807) is 48.5 Å². The molecule has 1 aliphatic rings. The van der Waals surface area contributed by atoms with Gasteiger partial charge in [-0.2, -0.15) is 0 Å². The molecule has 0 fully saturated rings. The van der Waals surface area contributed by atoms with E-state index in [1.807, 2.05) is 0 Å². The van der Waals surface area contributed by atoms with Crippen LogP contribution in [0.25, 0.3) is 6.08 Å². The average molecular weight is 376 g/mol. The quantitative estimate of drug-likeness (QED) is 0.456. The van der Waals surface area contributed by atoms with Gasteiger partial charge in [-0.05, 0) is 35.9 Å². The van der Waals surface area contributed by atoms with Gasteiger partial charge in [0.2, 0.25) is 5.90 Å². The molecule has 5 nitrogen and oxygen atoms in total. The molecule has 0 unspecified atom stereocenters. The summed E-state index contributed by atoms with van der Waals surface area (Å²) in [6, 6.07) is 11.6. The van der Waals surface area contributed by atoms with Crippen molar-refractivity contribution in [3.05, 3.63) is 69.3 Å². The van der Waals surface area contributed by atoms with Crippen molar-refractivity contribution in [2.45, 2.75) is 6.92 Å². The Balaban J connectivity index is 1.88. The fourth-order valence-electron chi connectivity index (χ4n) is 2.15. The van der Waals surface area contributed by atoms with Crippen LogP contribution in [0, 0.1) is 0 Å². The zero-order valence-electron chi connectivity index (χ0n) is 13.0. The highest BCUT2D eigenvalue weighted by molar-refractivity contribution is 6.44. The molecule has 0 spiro atoms. The van der Waals surface area contributed by atoms with Gasteiger partial charge in [0.25, 0.3) is 0 Å². The Morgan fingerprint density at radius 3 is 2.56 bits per heavy atom. The second kappa shape index (κ2) is 7.09. The Bertz CT molecular complexity index is 917. The summed E-state index contributed by atoms with van der Waals surface area (Å²) in [7, 11) is 0. The predicted octanol–water partition coefficient (Wildman–Crippen LogP) is 4.26. The van der Waals surface area contributed by atoms with Crippen LogP contribution in [0.1, 0.15) is 18.1 Å². The number of carbonyl (C=O) groups excluding carboxylic acids is 2. The lowest BCUT2D eigenvalue weighted by molar-refractivity contribution is -0.132. The minimum atomic E-state index is -0.588. The number of esters is 2. The van der Waals surface area contributed by atoms with Crippen LogP contribution in [0.3, 0.4) is 0 Å². The highest BCUT2D eigenvalue weighted by Crippen LogP contribution is 2.29. The van der Waals surface area contributed by atoms with Gasteiger partial charge in [-0.3, -0.25) is 4.79 Å². The van der Waals surface area contributed by atoms with E-state index in [0.29, 0.717) is 21.9 Å². The maximum atomic E-state index is 12.0. The normalized spacial score (nSPS) is 15.1. The molecule has 0 bridgehead atoms. The van der Waals surface area contributed by atoms with Crippen molar-refractivity contribution in [1.82, 2.24) is 0 Å². The van der Waals surface area contributed by atoms with Crippen molar-refractivity contribution in [2.24, 2.45) is 4.99 Å². The lowest BCUT2D eigenvalue weighted by Crippen LogP contribution is -2.06. The van der Waals surface area contributed by atoms with E-state index in [2.05, 4.69) is 4.99 Å². The third-order valence-electron chi connectivity index (χ3n) is 3.25. The lowest BCUT2D eigenvalue weighted by atomic mass is 10.2. The van der Waals surface area contributed by atoms with Crippen molar-refractivity contribution in [2.75, 3.05) is 0 Å². The third-order valence-corrected chi connectivity index (χ3v) is 4.07. The Hall–Kier alpha value is -2.63. The van der Waals surface area contributed by atoms with Crippen LogP contribution >= 0.6 is 23.2 Å².